The molecule has 1 saturated heterocycles. The molecule has 3 aromatic rings. The van der Waals surface area contributed by atoms with Crippen LogP contribution in [0.1, 0.15) is 12.8 Å². The number of anilines is 3. The Labute approximate surface area is 146 Å². The first-order valence-electron chi connectivity index (χ1n) is 8.50. The lowest BCUT2D eigenvalue weighted by atomic mass is 10.1. The highest BCUT2D eigenvalue weighted by atomic mass is 15.3. The highest BCUT2D eigenvalue weighted by Crippen LogP contribution is 2.23. The van der Waals surface area contributed by atoms with Gasteiger partial charge in [0.15, 0.2) is 11.5 Å². The Hall–Kier alpha value is -2.90. The predicted octanol–water partition coefficient (Wildman–Crippen LogP) is 1.67. The van der Waals surface area contributed by atoms with Crippen LogP contribution in [0.25, 0.3) is 5.65 Å². The molecule has 0 saturated carbocycles. The van der Waals surface area contributed by atoms with Crippen LogP contribution in [-0.2, 0) is 0 Å². The summed E-state index contributed by atoms with van der Waals surface area (Å²) in [4.78, 5) is 22.0. The van der Waals surface area contributed by atoms with Crippen LogP contribution in [0.4, 0.5) is 17.6 Å². The van der Waals surface area contributed by atoms with Gasteiger partial charge in [-0.3, -0.25) is 0 Å². The number of hydrogen-bond donors (Lipinski definition) is 1. The van der Waals surface area contributed by atoms with Gasteiger partial charge in [-0.25, -0.2) is 15.0 Å². The van der Waals surface area contributed by atoms with Crippen molar-refractivity contribution < 1.29 is 0 Å². The molecular formula is C17H22N8. The van der Waals surface area contributed by atoms with Gasteiger partial charge in [-0.15, -0.1) is 0 Å². The van der Waals surface area contributed by atoms with E-state index in [0.29, 0.717) is 12.0 Å². The number of piperidine rings is 1. The lowest BCUT2D eigenvalue weighted by Gasteiger charge is -2.34. The van der Waals surface area contributed by atoms with E-state index in [2.05, 4.69) is 30.2 Å². The first-order valence-corrected chi connectivity index (χ1v) is 8.50. The van der Waals surface area contributed by atoms with E-state index in [0.717, 1.165) is 43.2 Å². The molecule has 4 rings (SSSR count). The average molecular weight is 338 g/mol. The Morgan fingerprint density at radius 3 is 2.80 bits per heavy atom. The topological polar surface area (TPSA) is 74.5 Å². The van der Waals surface area contributed by atoms with Crippen molar-refractivity contribution in [1.29, 1.82) is 0 Å². The number of aromatic nitrogens is 5. The Balaban J connectivity index is 1.51. The van der Waals surface area contributed by atoms with Gasteiger partial charge in [0, 0.05) is 64.2 Å². The van der Waals surface area contributed by atoms with Crippen molar-refractivity contribution in [3.05, 3.63) is 37.1 Å². The number of nitrogens with zero attached hydrogens (tertiary/aromatic N) is 7. The zero-order valence-electron chi connectivity index (χ0n) is 14.5. The summed E-state index contributed by atoms with van der Waals surface area (Å²) in [5, 5.41) is 3.54. The van der Waals surface area contributed by atoms with E-state index in [9.17, 15) is 0 Å². The van der Waals surface area contributed by atoms with Gasteiger partial charge in [0.2, 0.25) is 5.95 Å². The van der Waals surface area contributed by atoms with Crippen LogP contribution >= 0.6 is 0 Å². The van der Waals surface area contributed by atoms with E-state index < -0.39 is 0 Å². The number of fused-ring (bicyclic) bond motifs is 1. The van der Waals surface area contributed by atoms with E-state index in [1.807, 2.05) is 54.2 Å². The second-order valence-electron chi connectivity index (χ2n) is 6.47. The summed E-state index contributed by atoms with van der Waals surface area (Å²) >= 11 is 0. The van der Waals surface area contributed by atoms with Crippen molar-refractivity contribution in [2.45, 2.75) is 18.9 Å². The van der Waals surface area contributed by atoms with Crippen molar-refractivity contribution in [3.63, 3.8) is 0 Å². The lowest BCUT2D eigenvalue weighted by Crippen LogP contribution is -2.43. The Morgan fingerprint density at radius 1 is 1.12 bits per heavy atom. The molecule has 0 amide bonds. The Kier molecular flexibility index (Phi) is 4.09. The Bertz CT molecular complexity index is 858. The molecule has 8 nitrogen and oxygen atoms in total. The molecule has 130 valence electrons. The van der Waals surface area contributed by atoms with Crippen LogP contribution in [0.5, 0.6) is 0 Å². The molecule has 1 aliphatic heterocycles. The van der Waals surface area contributed by atoms with E-state index >= 15 is 0 Å². The van der Waals surface area contributed by atoms with Gasteiger partial charge in [-0.05, 0) is 18.9 Å². The van der Waals surface area contributed by atoms with Crippen molar-refractivity contribution >= 4 is 23.2 Å². The molecule has 3 aromatic heterocycles. The average Bonchev–Trinajstić information content (AvgIpc) is 3.11. The molecule has 4 heterocycles. The summed E-state index contributed by atoms with van der Waals surface area (Å²) in [5.41, 5.74) is 0.903. The second kappa shape index (κ2) is 6.54. The number of nitrogens with one attached hydrogen (secondary N) is 1. The fraction of sp³-hybridized carbons (Fsp3) is 0.412. The normalized spacial score (nSPS) is 17.7. The zero-order chi connectivity index (χ0) is 17.2. The molecule has 1 N–H and O–H groups in total. The van der Waals surface area contributed by atoms with Crippen LogP contribution in [0.15, 0.2) is 37.1 Å². The largest absolute Gasteiger partial charge is 0.365 e. The zero-order valence-corrected chi connectivity index (χ0v) is 14.5. The molecule has 0 aliphatic carbocycles. The van der Waals surface area contributed by atoms with E-state index in [1.165, 1.54) is 0 Å². The first-order chi connectivity index (χ1) is 12.2. The van der Waals surface area contributed by atoms with Crippen LogP contribution < -0.4 is 15.1 Å². The van der Waals surface area contributed by atoms with Crippen LogP contribution in [0, 0.1) is 0 Å². The second-order valence-corrected chi connectivity index (χ2v) is 6.47. The monoisotopic (exact) mass is 338 g/mol. The van der Waals surface area contributed by atoms with Gasteiger partial charge in [0.1, 0.15) is 5.82 Å². The van der Waals surface area contributed by atoms with Crippen molar-refractivity contribution in [1.82, 2.24) is 24.3 Å². The third-order valence-corrected chi connectivity index (χ3v) is 4.41. The quantitative estimate of drug-likeness (QED) is 0.775. The Morgan fingerprint density at radius 2 is 1.96 bits per heavy atom. The van der Waals surface area contributed by atoms with E-state index in [4.69, 9.17) is 0 Å². The maximum Gasteiger partial charge on any atom is 0.226 e. The molecular weight excluding hydrogens is 316 g/mol. The van der Waals surface area contributed by atoms with E-state index in [1.54, 1.807) is 6.20 Å². The van der Waals surface area contributed by atoms with Crippen molar-refractivity contribution in [2.24, 2.45) is 0 Å². The summed E-state index contributed by atoms with van der Waals surface area (Å²) in [7, 11) is 3.89. The fourth-order valence-electron chi connectivity index (χ4n) is 3.20. The smallest absolute Gasteiger partial charge is 0.226 e. The van der Waals surface area contributed by atoms with Crippen molar-refractivity contribution in [3.8, 4) is 0 Å². The maximum absolute atomic E-state index is 4.56. The van der Waals surface area contributed by atoms with Gasteiger partial charge >= 0.3 is 0 Å². The van der Waals surface area contributed by atoms with Gasteiger partial charge in [-0.2, -0.15) is 4.98 Å². The maximum atomic E-state index is 4.56. The van der Waals surface area contributed by atoms with Gasteiger partial charge in [-0.1, -0.05) is 0 Å². The molecule has 1 atom stereocenters. The van der Waals surface area contributed by atoms with Gasteiger partial charge in [0.25, 0.3) is 0 Å². The molecule has 25 heavy (non-hydrogen) atoms. The summed E-state index contributed by atoms with van der Waals surface area (Å²) in [5.74, 6) is 2.51. The molecule has 1 aliphatic rings. The SMILES string of the molecule is CN(C)c1nccc(NC2CCCN(c3nccn4ccnc34)C2)n1. The standard InChI is InChI=1S/C17H22N8/c1-23(2)17-20-6-5-14(22-17)21-13-4-3-9-25(12-13)16-15-18-7-10-24(15)11-8-19-16/h5-8,10-11,13H,3-4,9,12H2,1-2H3,(H,20,21,22). The van der Waals surface area contributed by atoms with Crippen LogP contribution in [0.3, 0.4) is 0 Å². The number of imidazole rings is 1. The molecule has 0 radical (unpaired) electrons. The van der Waals surface area contributed by atoms with Crippen LogP contribution in [0.2, 0.25) is 0 Å². The number of rotatable bonds is 4. The molecule has 8 heteroatoms. The van der Waals surface area contributed by atoms with Crippen molar-refractivity contribution in [2.75, 3.05) is 42.3 Å². The molecule has 1 unspecified atom stereocenters. The third-order valence-electron chi connectivity index (χ3n) is 4.41. The molecule has 1 fully saturated rings. The highest BCUT2D eigenvalue weighted by molar-refractivity contribution is 5.64. The highest BCUT2D eigenvalue weighted by Gasteiger charge is 2.23. The molecule has 0 bridgehead atoms. The van der Waals surface area contributed by atoms with Gasteiger partial charge in [0.05, 0.1) is 0 Å². The fourth-order valence-corrected chi connectivity index (χ4v) is 3.20. The van der Waals surface area contributed by atoms with Crippen LogP contribution in [-0.4, -0.2) is 57.6 Å². The summed E-state index contributed by atoms with van der Waals surface area (Å²) in [6, 6.07) is 2.23. The minimum Gasteiger partial charge on any atom is -0.365 e. The minimum absolute atomic E-state index is 0.315. The van der Waals surface area contributed by atoms with E-state index in [-0.39, 0.29) is 0 Å². The predicted molar refractivity (Wildman–Crippen MR) is 98.2 cm³/mol. The van der Waals surface area contributed by atoms with Gasteiger partial charge < -0.3 is 19.5 Å². The number of hydrogen-bond acceptors (Lipinski definition) is 7. The third kappa shape index (κ3) is 3.19. The lowest BCUT2D eigenvalue weighted by molar-refractivity contribution is 0.526. The molecule has 0 spiro atoms. The summed E-state index contributed by atoms with van der Waals surface area (Å²) in [6.07, 6.45) is 11.5. The minimum atomic E-state index is 0.315. The summed E-state index contributed by atoms with van der Waals surface area (Å²) in [6.45, 7) is 1.87. The summed E-state index contributed by atoms with van der Waals surface area (Å²) < 4.78 is 2.01. The first kappa shape index (κ1) is 15.6. The molecule has 0 aromatic carbocycles.